The molecule has 0 fully saturated rings. The molecule has 192 valence electrons. The number of anilines is 2. The molecular weight excluding hydrogens is 513 g/mol. The van der Waals surface area contributed by atoms with Gasteiger partial charge in [-0.25, -0.2) is 8.42 Å². The lowest BCUT2D eigenvalue weighted by atomic mass is 9.86. The van der Waals surface area contributed by atoms with Gasteiger partial charge in [0.15, 0.2) is 0 Å². The van der Waals surface area contributed by atoms with Crippen molar-refractivity contribution in [1.82, 2.24) is 0 Å². The summed E-state index contributed by atoms with van der Waals surface area (Å²) in [7, 11) is -4.17. The number of alkyl halides is 3. The Morgan fingerprint density at radius 1 is 0.889 bits per heavy atom. The fourth-order valence-electron chi connectivity index (χ4n) is 3.39. The second kappa shape index (κ2) is 10.5. The molecule has 5 nitrogen and oxygen atoms in total. The number of carbonyl (C=O) groups excluding carboxylic acids is 1. The summed E-state index contributed by atoms with van der Waals surface area (Å²) >= 11 is 5.58. The maximum atomic E-state index is 13.0. The van der Waals surface area contributed by atoms with E-state index in [1.807, 2.05) is 12.1 Å². The summed E-state index contributed by atoms with van der Waals surface area (Å²) in [5, 5.41) is 2.18. The number of halogens is 4. The molecule has 0 aromatic heterocycles. The molecular formula is C26H26ClF3N2O3S. The highest BCUT2D eigenvalue weighted by atomic mass is 35.5. The highest BCUT2D eigenvalue weighted by Crippen LogP contribution is 2.36. The van der Waals surface area contributed by atoms with E-state index in [-0.39, 0.29) is 28.3 Å². The van der Waals surface area contributed by atoms with Gasteiger partial charge in [0.25, 0.3) is 10.0 Å². The van der Waals surface area contributed by atoms with Crippen LogP contribution in [0.4, 0.5) is 24.5 Å². The van der Waals surface area contributed by atoms with E-state index in [9.17, 15) is 26.4 Å². The van der Waals surface area contributed by atoms with E-state index in [0.717, 1.165) is 17.7 Å². The van der Waals surface area contributed by atoms with Gasteiger partial charge < -0.3 is 5.32 Å². The van der Waals surface area contributed by atoms with Gasteiger partial charge in [-0.3, -0.25) is 9.52 Å². The number of sulfonamides is 1. The largest absolute Gasteiger partial charge is 0.417 e. The first-order valence-corrected chi connectivity index (χ1v) is 12.9. The molecule has 0 heterocycles. The van der Waals surface area contributed by atoms with Crippen molar-refractivity contribution < 1.29 is 26.4 Å². The van der Waals surface area contributed by atoms with Crippen molar-refractivity contribution in [3.05, 3.63) is 88.4 Å². The number of nitrogens with one attached hydrogen (secondary N) is 2. The van der Waals surface area contributed by atoms with E-state index in [1.165, 1.54) is 29.8 Å². The molecule has 0 aliphatic carbocycles. The zero-order chi connectivity index (χ0) is 26.7. The van der Waals surface area contributed by atoms with Gasteiger partial charge in [-0.05, 0) is 65.4 Å². The van der Waals surface area contributed by atoms with Crippen molar-refractivity contribution in [2.75, 3.05) is 10.0 Å². The third kappa shape index (κ3) is 7.24. The minimum atomic E-state index is -4.73. The van der Waals surface area contributed by atoms with Crippen molar-refractivity contribution in [3.63, 3.8) is 0 Å². The van der Waals surface area contributed by atoms with Crippen LogP contribution in [0.3, 0.4) is 0 Å². The van der Waals surface area contributed by atoms with Crippen molar-refractivity contribution >= 4 is 38.9 Å². The molecule has 0 atom stereocenters. The third-order valence-electron chi connectivity index (χ3n) is 5.43. The van der Waals surface area contributed by atoms with Gasteiger partial charge in [-0.15, -0.1) is 0 Å². The van der Waals surface area contributed by atoms with Crippen LogP contribution in [-0.2, 0) is 32.8 Å². The Morgan fingerprint density at radius 3 is 2.03 bits per heavy atom. The average molecular weight is 539 g/mol. The quantitative estimate of drug-likeness (QED) is 0.339. The van der Waals surface area contributed by atoms with Gasteiger partial charge in [0.05, 0.1) is 15.5 Å². The van der Waals surface area contributed by atoms with Gasteiger partial charge >= 0.3 is 6.18 Å². The van der Waals surface area contributed by atoms with Crippen LogP contribution in [-0.4, -0.2) is 14.3 Å². The molecule has 3 rings (SSSR count). The lowest BCUT2D eigenvalue weighted by Gasteiger charge is -2.19. The summed E-state index contributed by atoms with van der Waals surface area (Å²) in [4.78, 5) is 12.2. The summed E-state index contributed by atoms with van der Waals surface area (Å²) in [5.41, 5.74) is 1.25. The van der Waals surface area contributed by atoms with Crippen LogP contribution in [0.5, 0.6) is 0 Å². The Hall–Kier alpha value is -3.04. The number of amides is 1. The molecule has 1 amide bonds. The summed E-state index contributed by atoms with van der Waals surface area (Å²) in [6.07, 6.45) is -3.93. The van der Waals surface area contributed by atoms with Crippen molar-refractivity contribution in [1.29, 1.82) is 0 Å². The Labute approximate surface area is 213 Å². The van der Waals surface area contributed by atoms with Gasteiger partial charge in [0, 0.05) is 17.8 Å². The van der Waals surface area contributed by atoms with E-state index >= 15 is 0 Å². The number of carbonyl (C=O) groups is 1. The van der Waals surface area contributed by atoms with E-state index < -0.39 is 26.8 Å². The zero-order valence-electron chi connectivity index (χ0n) is 19.9. The van der Waals surface area contributed by atoms with E-state index in [1.54, 1.807) is 0 Å². The topological polar surface area (TPSA) is 75.3 Å². The number of hydrogen-bond donors (Lipinski definition) is 2. The molecule has 0 aliphatic heterocycles. The van der Waals surface area contributed by atoms with Crippen LogP contribution < -0.4 is 10.0 Å². The lowest BCUT2D eigenvalue weighted by molar-refractivity contribution is -0.137. The Morgan fingerprint density at radius 2 is 1.47 bits per heavy atom. The molecule has 0 unspecified atom stereocenters. The first-order valence-electron chi connectivity index (χ1n) is 11.0. The van der Waals surface area contributed by atoms with E-state index in [2.05, 4.69) is 42.9 Å². The molecule has 0 radical (unpaired) electrons. The van der Waals surface area contributed by atoms with Crippen molar-refractivity contribution in [2.24, 2.45) is 0 Å². The van der Waals surface area contributed by atoms with Gasteiger partial charge in [0.1, 0.15) is 0 Å². The Kier molecular flexibility index (Phi) is 8.05. The second-order valence-electron chi connectivity index (χ2n) is 9.32. The Bertz CT molecular complexity index is 1330. The SMILES string of the molecule is CC(C)(C)c1ccc(CCC(=O)Nc2ccc(S(=O)(=O)Nc3ccc(Cl)c(C(F)(F)F)c3)cc2)cc1. The van der Waals surface area contributed by atoms with Crippen LogP contribution in [0, 0.1) is 0 Å². The smallest absolute Gasteiger partial charge is 0.326 e. The van der Waals surface area contributed by atoms with Crippen molar-refractivity contribution in [3.8, 4) is 0 Å². The van der Waals surface area contributed by atoms with Crippen LogP contribution >= 0.6 is 11.6 Å². The second-order valence-corrected chi connectivity index (χ2v) is 11.4. The maximum absolute atomic E-state index is 13.0. The molecule has 36 heavy (non-hydrogen) atoms. The third-order valence-corrected chi connectivity index (χ3v) is 7.16. The van der Waals surface area contributed by atoms with E-state index in [0.29, 0.717) is 18.2 Å². The highest BCUT2D eigenvalue weighted by molar-refractivity contribution is 7.92. The number of benzene rings is 3. The summed E-state index contributed by atoms with van der Waals surface area (Å²) in [6, 6.07) is 16.2. The van der Waals surface area contributed by atoms with Gasteiger partial charge in [-0.2, -0.15) is 13.2 Å². The normalized spacial score (nSPS) is 12.3. The molecule has 3 aromatic carbocycles. The van der Waals surface area contributed by atoms with Crippen LogP contribution in [0.1, 0.15) is 43.9 Å². The van der Waals surface area contributed by atoms with E-state index in [4.69, 9.17) is 11.6 Å². The van der Waals surface area contributed by atoms with Gasteiger partial charge in [-0.1, -0.05) is 56.6 Å². The Balaban J connectivity index is 1.60. The summed E-state index contributed by atoms with van der Waals surface area (Å²) < 4.78 is 66.5. The zero-order valence-corrected chi connectivity index (χ0v) is 21.5. The first kappa shape index (κ1) is 27.5. The monoisotopic (exact) mass is 538 g/mol. The molecule has 2 N–H and O–H groups in total. The first-order chi connectivity index (χ1) is 16.6. The fraction of sp³-hybridized carbons (Fsp3) is 0.269. The number of hydrogen-bond acceptors (Lipinski definition) is 3. The predicted molar refractivity (Wildman–Crippen MR) is 136 cm³/mol. The average Bonchev–Trinajstić information content (AvgIpc) is 2.78. The number of aryl methyl sites for hydroxylation is 1. The predicted octanol–water partition coefficient (Wildman–Crippen LogP) is 7.03. The lowest BCUT2D eigenvalue weighted by Crippen LogP contribution is -2.15. The molecule has 0 spiro atoms. The maximum Gasteiger partial charge on any atom is 0.417 e. The van der Waals surface area contributed by atoms with Crippen LogP contribution in [0.15, 0.2) is 71.6 Å². The molecule has 0 bridgehead atoms. The standard InChI is InChI=1S/C26H26ClF3N2O3S/c1-25(2,3)18-7-4-17(5-8-18)6-15-24(33)31-19-9-12-21(13-10-19)36(34,35)32-20-11-14-23(27)22(16-20)26(28,29)30/h4-5,7-14,16,32H,6,15H2,1-3H3,(H,31,33). The number of rotatable bonds is 7. The highest BCUT2D eigenvalue weighted by Gasteiger charge is 2.33. The molecule has 3 aromatic rings. The fourth-order valence-corrected chi connectivity index (χ4v) is 4.66. The molecule has 10 heteroatoms. The molecule has 0 aliphatic rings. The van der Waals surface area contributed by atoms with Gasteiger partial charge in [0.2, 0.25) is 5.91 Å². The summed E-state index contributed by atoms with van der Waals surface area (Å²) in [6.45, 7) is 6.39. The summed E-state index contributed by atoms with van der Waals surface area (Å²) in [5.74, 6) is -0.232. The molecule has 0 saturated heterocycles. The minimum Gasteiger partial charge on any atom is -0.326 e. The molecule has 0 saturated carbocycles. The van der Waals surface area contributed by atoms with Crippen LogP contribution in [0.25, 0.3) is 0 Å². The minimum absolute atomic E-state index is 0.0475. The van der Waals surface area contributed by atoms with Crippen LogP contribution in [0.2, 0.25) is 5.02 Å². The van der Waals surface area contributed by atoms with Crippen molar-refractivity contribution in [2.45, 2.75) is 50.1 Å².